The molecule has 0 saturated carbocycles. The number of aromatic nitrogens is 3. The van der Waals surface area contributed by atoms with Crippen LogP contribution in [0.4, 0.5) is 5.95 Å². The number of nitrogens with two attached hydrogens (primary N) is 1. The van der Waals surface area contributed by atoms with Gasteiger partial charge in [-0.3, -0.25) is 5.10 Å². The number of halogens is 1. The maximum Gasteiger partial charge on any atom is 0.239 e. The largest absolute Gasteiger partial charge is 0.367 e. The molecule has 2 aromatic rings. The van der Waals surface area contributed by atoms with Crippen LogP contribution in [0, 0.1) is 11.3 Å². The second-order valence-electron chi connectivity index (χ2n) is 3.28. The Bertz CT molecular complexity index is 555. The van der Waals surface area contributed by atoms with Crippen LogP contribution in [0.1, 0.15) is 17.0 Å². The van der Waals surface area contributed by atoms with Crippen LogP contribution in [0.5, 0.6) is 0 Å². The van der Waals surface area contributed by atoms with E-state index >= 15 is 0 Å². The molecule has 3 N–H and O–H groups in total. The van der Waals surface area contributed by atoms with E-state index in [0.29, 0.717) is 22.8 Å². The van der Waals surface area contributed by atoms with Crippen molar-refractivity contribution < 1.29 is 0 Å². The number of anilines is 1. The number of aromatic amines is 1. The summed E-state index contributed by atoms with van der Waals surface area (Å²) in [7, 11) is 0. The van der Waals surface area contributed by atoms with Gasteiger partial charge in [-0.15, -0.1) is 5.10 Å². The van der Waals surface area contributed by atoms with E-state index in [2.05, 4.69) is 15.2 Å². The number of hydrogen-bond acceptors (Lipinski definition) is 4. The van der Waals surface area contributed by atoms with Crippen molar-refractivity contribution in [2.45, 2.75) is 6.42 Å². The maximum absolute atomic E-state index is 8.79. The van der Waals surface area contributed by atoms with Crippen molar-refractivity contribution in [2.24, 2.45) is 0 Å². The van der Waals surface area contributed by atoms with Gasteiger partial charge in [-0.25, -0.2) is 0 Å². The maximum atomic E-state index is 8.79. The third-order valence-electron chi connectivity index (χ3n) is 2.01. The lowest BCUT2D eigenvalue weighted by Gasteiger charge is -2.00. The summed E-state index contributed by atoms with van der Waals surface area (Å²) in [5, 5.41) is 15.7. The average molecular weight is 234 g/mol. The van der Waals surface area contributed by atoms with E-state index in [1.165, 1.54) is 0 Å². The fraction of sp³-hybridized carbons (Fsp3) is 0.100. The van der Waals surface area contributed by atoms with E-state index in [4.69, 9.17) is 22.6 Å². The molecule has 0 saturated heterocycles. The monoisotopic (exact) mass is 233 g/mol. The Hall–Kier alpha value is -2.06. The van der Waals surface area contributed by atoms with Crippen molar-refractivity contribution in [3.05, 3.63) is 40.2 Å². The number of H-pyrrole nitrogens is 1. The molecule has 0 amide bonds. The highest BCUT2D eigenvalue weighted by molar-refractivity contribution is 6.30. The van der Waals surface area contributed by atoms with E-state index in [-0.39, 0.29) is 5.95 Å². The molecule has 16 heavy (non-hydrogen) atoms. The molecule has 0 aliphatic heterocycles. The van der Waals surface area contributed by atoms with Gasteiger partial charge in [-0.1, -0.05) is 11.6 Å². The molecule has 2 rings (SSSR count). The lowest BCUT2D eigenvalue weighted by Crippen LogP contribution is -1.92. The molecule has 0 aliphatic carbocycles. The predicted octanol–water partition coefficient (Wildman–Crippen LogP) is 1.50. The molecule has 5 nitrogen and oxygen atoms in total. The number of nitriles is 1. The summed E-state index contributed by atoms with van der Waals surface area (Å²) in [6, 6.07) is 7.19. The molecule has 0 bridgehead atoms. The smallest absolute Gasteiger partial charge is 0.239 e. The molecule has 0 unspecified atom stereocenters. The Morgan fingerprint density at radius 1 is 1.44 bits per heavy atom. The number of nitrogens with one attached hydrogen (secondary N) is 1. The zero-order valence-corrected chi connectivity index (χ0v) is 8.99. The van der Waals surface area contributed by atoms with Gasteiger partial charge >= 0.3 is 0 Å². The van der Waals surface area contributed by atoms with Crippen molar-refractivity contribution in [1.29, 1.82) is 5.26 Å². The number of hydrogen-bond donors (Lipinski definition) is 2. The normalized spacial score (nSPS) is 10.0. The molecular formula is C10H8ClN5. The van der Waals surface area contributed by atoms with Crippen LogP contribution < -0.4 is 5.73 Å². The van der Waals surface area contributed by atoms with Crippen LogP contribution in [0.25, 0.3) is 0 Å². The first-order valence-electron chi connectivity index (χ1n) is 4.53. The lowest BCUT2D eigenvalue weighted by atomic mass is 10.1. The summed E-state index contributed by atoms with van der Waals surface area (Å²) in [5.74, 6) is 0.848. The van der Waals surface area contributed by atoms with Gasteiger partial charge in [-0.05, 0) is 23.8 Å². The molecular weight excluding hydrogens is 226 g/mol. The van der Waals surface area contributed by atoms with Crippen molar-refractivity contribution in [1.82, 2.24) is 15.2 Å². The summed E-state index contributed by atoms with van der Waals surface area (Å²) in [5.41, 5.74) is 6.80. The van der Waals surface area contributed by atoms with Crippen LogP contribution in [-0.2, 0) is 6.42 Å². The quantitative estimate of drug-likeness (QED) is 0.822. The average Bonchev–Trinajstić information content (AvgIpc) is 2.63. The van der Waals surface area contributed by atoms with Gasteiger partial charge in [0.25, 0.3) is 0 Å². The van der Waals surface area contributed by atoms with Crippen LogP contribution in [0.15, 0.2) is 18.2 Å². The van der Waals surface area contributed by atoms with E-state index in [1.54, 1.807) is 18.2 Å². The Morgan fingerprint density at radius 3 is 2.88 bits per heavy atom. The summed E-state index contributed by atoms with van der Waals surface area (Å²) in [6.45, 7) is 0. The van der Waals surface area contributed by atoms with E-state index < -0.39 is 0 Å². The van der Waals surface area contributed by atoms with Crippen LogP contribution in [0.3, 0.4) is 0 Å². The molecule has 1 heterocycles. The molecule has 0 aliphatic rings. The minimum Gasteiger partial charge on any atom is -0.367 e. The number of nitrogens with zero attached hydrogens (tertiary/aromatic N) is 3. The Kier molecular flexibility index (Phi) is 2.75. The molecule has 1 aromatic heterocycles. The van der Waals surface area contributed by atoms with Gasteiger partial charge in [0.2, 0.25) is 5.95 Å². The van der Waals surface area contributed by atoms with Gasteiger partial charge in [-0.2, -0.15) is 10.2 Å². The van der Waals surface area contributed by atoms with Crippen LogP contribution in [0.2, 0.25) is 5.02 Å². The van der Waals surface area contributed by atoms with E-state index in [9.17, 15) is 0 Å². The first-order chi connectivity index (χ1) is 7.67. The Balaban J connectivity index is 2.28. The molecule has 1 aromatic carbocycles. The molecule has 0 fully saturated rings. The minimum atomic E-state index is 0.206. The zero-order chi connectivity index (χ0) is 11.5. The topological polar surface area (TPSA) is 91.4 Å². The SMILES string of the molecule is N#Cc1cc(Cl)cc(Cc2nc(N)n[nH]2)c1. The summed E-state index contributed by atoms with van der Waals surface area (Å²) in [6.07, 6.45) is 0.513. The first kappa shape index (κ1) is 10.5. The summed E-state index contributed by atoms with van der Waals surface area (Å²) < 4.78 is 0. The second kappa shape index (κ2) is 4.21. The minimum absolute atomic E-state index is 0.206. The Labute approximate surface area is 96.9 Å². The number of nitrogen functional groups attached to an aromatic ring is 1. The first-order valence-corrected chi connectivity index (χ1v) is 4.91. The van der Waals surface area contributed by atoms with Crippen molar-refractivity contribution in [3.63, 3.8) is 0 Å². The third-order valence-corrected chi connectivity index (χ3v) is 2.23. The van der Waals surface area contributed by atoms with Gasteiger partial charge < -0.3 is 5.73 Å². The molecule has 0 radical (unpaired) electrons. The number of rotatable bonds is 2. The standard InChI is InChI=1S/C10H8ClN5/c11-8-2-6(1-7(3-8)5-12)4-9-14-10(13)16-15-9/h1-3H,4H2,(H3,13,14,15,16). The second-order valence-corrected chi connectivity index (χ2v) is 3.71. The fourth-order valence-electron chi connectivity index (χ4n) is 1.40. The molecule has 80 valence electrons. The molecule has 6 heteroatoms. The van der Waals surface area contributed by atoms with Gasteiger partial charge in [0.05, 0.1) is 11.6 Å². The van der Waals surface area contributed by atoms with Gasteiger partial charge in [0.15, 0.2) is 0 Å². The van der Waals surface area contributed by atoms with Gasteiger partial charge in [0.1, 0.15) is 5.82 Å². The Morgan fingerprint density at radius 2 is 2.25 bits per heavy atom. The highest BCUT2D eigenvalue weighted by Gasteiger charge is 2.04. The summed E-state index contributed by atoms with van der Waals surface area (Å²) in [4.78, 5) is 3.98. The zero-order valence-electron chi connectivity index (χ0n) is 8.24. The van der Waals surface area contributed by atoms with Crippen molar-refractivity contribution >= 4 is 17.5 Å². The highest BCUT2D eigenvalue weighted by atomic mass is 35.5. The molecule has 0 atom stereocenters. The lowest BCUT2D eigenvalue weighted by molar-refractivity contribution is 0.972. The molecule has 0 spiro atoms. The third kappa shape index (κ3) is 2.30. The highest BCUT2D eigenvalue weighted by Crippen LogP contribution is 2.16. The predicted molar refractivity (Wildman–Crippen MR) is 59.8 cm³/mol. The van der Waals surface area contributed by atoms with E-state index in [1.807, 2.05) is 6.07 Å². The van der Waals surface area contributed by atoms with E-state index in [0.717, 1.165) is 5.56 Å². The number of benzene rings is 1. The van der Waals surface area contributed by atoms with Crippen molar-refractivity contribution in [2.75, 3.05) is 5.73 Å². The van der Waals surface area contributed by atoms with Crippen LogP contribution in [-0.4, -0.2) is 15.2 Å². The van der Waals surface area contributed by atoms with Crippen molar-refractivity contribution in [3.8, 4) is 6.07 Å². The fourth-order valence-corrected chi connectivity index (χ4v) is 1.66. The van der Waals surface area contributed by atoms with Crippen LogP contribution >= 0.6 is 11.6 Å². The van der Waals surface area contributed by atoms with Gasteiger partial charge in [0, 0.05) is 11.4 Å². The summed E-state index contributed by atoms with van der Waals surface area (Å²) >= 11 is 5.88.